The number of nitriles is 1. The fourth-order valence-electron chi connectivity index (χ4n) is 3.75. The summed E-state index contributed by atoms with van der Waals surface area (Å²) in [6.07, 6.45) is 4.51. The molecule has 5 nitrogen and oxygen atoms in total. The van der Waals surface area contributed by atoms with Crippen molar-refractivity contribution in [3.05, 3.63) is 65.2 Å². The second-order valence-corrected chi connectivity index (χ2v) is 7.15. The molecule has 27 heavy (non-hydrogen) atoms. The molecule has 2 amide bonds. The van der Waals surface area contributed by atoms with E-state index in [1.165, 1.54) is 0 Å². The van der Waals surface area contributed by atoms with E-state index in [2.05, 4.69) is 17.5 Å². The zero-order valence-electron chi connectivity index (χ0n) is 15.2. The van der Waals surface area contributed by atoms with Crippen LogP contribution in [0.2, 0.25) is 0 Å². The molecule has 1 fully saturated rings. The van der Waals surface area contributed by atoms with Gasteiger partial charge in [0, 0.05) is 17.7 Å². The van der Waals surface area contributed by atoms with E-state index in [-0.39, 0.29) is 5.91 Å². The lowest BCUT2D eigenvalue weighted by molar-refractivity contribution is -0.117. The molecule has 1 aliphatic carbocycles. The number of primary amides is 1. The first-order valence-corrected chi connectivity index (χ1v) is 9.25. The number of anilines is 1. The third-order valence-corrected chi connectivity index (χ3v) is 5.26. The summed E-state index contributed by atoms with van der Waals surface area (Å²) in [5.41, 5.74) is 8.37. The van der Waals surface area contributed by atoms with E-state index >= 15 is 0 Å². The lowest BCUT2D eigenvalue weighted by Gasteiger charge is -2.28. The van der Waals surface area contributed by atoms with Crippen molar-refractivity contribution < 1.29 is 9.59 Å². The Bertz CT molecular complexity index is 860. The van der Waals surface area contributed by atoms with Gasteiger partial charge in [-0.3, -0.25) is 9.59 Å². The zero-order valence-corrected chi connectivity index (χ0v) is 15.2. The molecule has 3 N–H and O–H groups in total. The number of carbonyl (C=O) groups is 2. The number of carbonyl (C=O) groups excluding carboxylic acids is 2. The molecule has 0 spiro atoms. The van der Waals surface area contributed by atoms with Crippen LogP contribution in [0.15, 0.2) is 48.5 Å². The summed E-state index contributed by atoms with van der Waals surface area (Å²) >= 11 is 0. The molecule has 0 aliphatic heterocycles. The normalized spacial score (nSPS) is 19.1. The van der Waals surface area contributed by atoms with Gasteiger partial charge >= 0.3 is 0 Å². The molecule has 0 atom stereocenters. The van der Waals surface area contributed by atoms with Crippen LogP contribution < -0.4 is 11.1 Å². The van der Waals surface area contributed by atoms with Crippen LogP contribution in [0.4, 0.5) is 5.69 Å². The van der Waals surface area contributed by atoms with Crippen molar-refractivity contribution in [1.82, 2.24) is 0 Å². The minimum absolute atomic E-state index is 0.0129. The molecule has 1 saturated carbocycles. The van der Waals surface area contributed by atoms with Crippen LogP contribution in [-0.4, -0.2) is 11.8 Å². The van der Waals surface area contributed by atoms with Crippen molar-refractivity contribution in [3.8, 4) is 6.07 Å². The number of hydrogen-bond acceptors (Lipinski definition) is 3. The van der Waals surface area contributed by atoms with Crippen LogP contribution in [0.5, 0.6) is 0 Å². The maximum absolute atomic E-state index is 12.3. The Kier molecular flexibility index (Phi) is 5.87. The smallest absolute Gasteiger partial charge is 0.248 e. The van der Waals surface area contributed by atoms with Crippen LogP contribution in [0, 0.1) is 17.2 Å². The van der Waals surface area contributed by atoms with Gasteiger partial charge in [0.05, 0.1) is 11.6 Å². The first-order valence-electron chi connectivity index (χ1n) is 9.25. The van der Waals surface area contributed by atoms with E-state index in [0.717, 1.165) is 36.9 Å². The number of hydrogen-bond donors (Lipinski definition) is 2. The minimum Gasteiger partial charge on any atom is -0.366 e. The van der Waals surface area contributed by atoms with Crippen molar-refractivity contribution in [1.29, 1.82) is 5.26 Å². The Morgan fingerprint density at radius 1 is 1.07 bits per heavy atom. The summed E-state index contributed by atoms with van der Waals surface area (Å²) in [6, 6.07) is 16.5. The lowest BCUT2D eigenvalue weighted by atomic mass is 9.77. The molecule has 0 radical (unpaired) electrons. The third-order valence-electron chi connectivity index (χ3n) is 5.26. The SMILES string of the molecule is N#Cc1ccc(NC(=O)C[C@H]2CC[C@H](c3cccc(C(N)=O)c3)CC2)cc1. The topological polar surface area (TPSA) is 96.0 Å². The fourth-order valence-corrected chi connectivity index (χ4v) is 3.75. The van der Waals surface area contributed by atoms with E-state index in [1.54, 1.807) is 30.3 Å². The Balaban J connectivity index is 1.50. The molecule has 2 aromatic rings. The number of nitrogens with zero attached hydrogens (tertiary/aromatic N) is 1. The molecular formula is C22H23N3O2. The van der Waals surface area contributed by atoms with Gasteiger partial charge in [-0.15, -0.1) is 0 Å². The first kappa shape index (κ1) is 18.7. The minimum atomic E-state index is -0.398. The van der Waals surface area contributed by atoms with Crippen molar-refractivity contribution in [2.45, 2.75) is 38.0 Å². The number of rotatable bonds is 5. The molecule has 3 rings (SSSR count). The predicted molar refractivity (Wildman–Crippen MR) is 104 cm³/mol. The highest BCUT2D eigenvalue weighted by atomic mass is 16.1. The Labute approximate surface area is 159 Å². The molecule has 138 valence electrons. The van der Waals surface area contributed by atoms with Crippen LogP contribution in [-0.2, 0) is 4.79 Å². The first-order chi connectivity index (χ1) is 13.0. The maximum Gasteiger partial charge on any atom is 0.248 e. The summed E-state index contributed by atoms with van der Waals surface area (Å²) in [5.74, 6) is 0.407. The highest BCUT2D eigenvalue weighted by Crippen LogP contribution is 2.37. The molecule has 5 heteroatoms. The molecule has 1 aliphatic rings. The van der Waals surface area contributed by atoms with Crippen LogP contribution >= 0.6 is 0 Å². The summed E-state index contributed by atoms with van der Waals surface area (Å²) in [4.78, 5) is 23.6. The molecule has 0 aromatic heterocycles. The molecule has 0 heterocycles. The summed E-state index contributed by atoms with van der Waals surface area (Å²) in [5, 5.41) is 11.7. The Morgan fingerprint density at radius 3 is 2.41 bits per heavy atom. The number of nitrogens with two attached hydrogens (primary N) is 1. The largest absolute Gasteiger partial charge is 0.366 e. The summed E-state index contributed by atoms with van der Waals surface area (Å²) in [6.45, 7) is 0. The number of nitrogens with one attached hydrogen (secondary N) is 1. The predicted octanol–water partition coefficient (Wildman–Crippen LogP) is 3.96. The van der Waals surface area contributed by atoms with Gasteiger partial charge in [-0.2, -0.15) is 5.26 Å². The van der Waals surface area contributed by atoms with Crippen molar-refractivity contribution >= 4 is 17.5 Å². The fraction of sp³-hybridized carbons (Fsp3) is 0.318. The van der Waals surface area contributed by atoms with E-state index in [0.29, 0.717) is 29.4 Å². The van der Waals surface area contributed by atoms with Gasteiger partial charge in [0.25, 0.3) is 0 Å². The van der Waals surface area contributed by atoms with Crippen LogP contribution in [0.3, 0.4) is 0 Å². The second-order valence-electron chi connectivity index (χ2n) is 7.15. The van der Waals surface area contributed by atoms with Gasteiger partial charge in [0.15, 0.2) is 0 Å². The number of benzene rings is 2. The molecule has 0 unspecified atom stereocenters. The summed E-state index contributed by atoms with van der Waals surface area (Å²) < 4.78 is 0. The highest BCUT2D eigenvalue weighted by molar-refractivity contribution is 5.93. The molecule has 0 saturated heterocycles. The standard InChI is InChI=1S/C22H23N3O2/c23-14-16-6-10-20(11-7-16)25-21(26)12-15-4-8-17(9-5-15)18-2-1-3-19(13-18)22(24)27/h1-3,6-7,10-11,13,15,17H,4-5,8-9,12H2,(H2,24,27)(H,25,26)/t15-,17-. The maximum atomic E-state index is 12.3. The molecule has 2 aromatic carbocycles. The third kappa shape index (κ3) is 4.95. The van der Waals surface area contributed by atoms with E-state index in [9.17, 15) is 9.59 Å². The van der Waals surface area contributed by atoms with Crippen molar-refractivity contribution in [2.24, 2.45) is 11.7 Å². The Morgan fingerprint density at radius 2 is 1.78 bits per heavy atom. The zero-order chi connectivity index (χ0) is 19.2. The monoisotopic (exact) mass is 361 g/mol. The van der Waals surface area contributed by atoms with Crippen LogP contribution in [0.1, 0.15) is 59.5 Å². The second kappa shape index (κ2) is 8.50. The van der Waals surface area contributed by atoms with Gasteiger partial charge in [-0.1, -0.05) is 12.1 Å². The van der Waals surface area contributed by atoms with Crippen molar-refractivity contribution in [3.63, 3.8) is 0 Å². The average molecular weight is 361 g/mol. The lowest BCUT2D eigenvalue weighted by Crippen LogP contribution is -2.20. The van der Waals surface area contributed by atoms with Gasteiger partial charge in [-0.05, 0) is 79.5 Å². The van der Waals surface area contributed by atoms with E-state index < -0.39 is 5.91 Å². The van der Waals surface area contributed by atoms with Gasteiger partial charge < -0.3 is 11.1 Å². The Hall–Kier alpha value is -3.13. The average Bonchev–Trinajstić information content (AvgIpc) is 2.69. The highest BCUT2D eigenvalue weighted by Gasteiger charge is 2.24. The number of amides is 2. The van der Waals surface area contributed by atoms with E-state index in [4.69, 9.17) is 11.0 Å². The van der Waals surface area contributed by atoms with Crippen LogP contribution in [0.25, 0.3) is 0 Å². The molecule has 0 bridgehead atoms. The molecular weight excluding hydrogens is 338 g/mol. The van der Waals surface area contributed by atoms with E-state index in [1.807, 2.05) is 12.1 Å². The van der Waals surface area contributed by atoms with Gasteiger partial charge in [-0.25, -0.2) is 0 Å². The quantitative estimate of drug-likeness (QED) is 0.843. The van der Waals surface area contributed by atoms with Gasteiger partial charge in [0.2, 0.25) is 11.8 Å². The van der Waals surface area contributed by atoms with Crippen molar-refractivity contribution in [2.75, 3.05) is 5.32 Å². The van der Waals surface area contributed by atoms with Gasteiger partial charge in [0.1, 0.15) is 0 Å². The summed E-state index contributed by atoms with van der Waals surface area (Å²) in [7, 11) is 0.